The van der Waals surface area contributed by atoms with Gasteiger partial charge in [-0.3, -0.25) is 4.79 Å². The number of nitrogens with one attached hydrogen (secondary N) is 1. The van der Waals surface area contributed by atoms with Crippen LogP contribution in [0.25, 0.3) is 0 Å². The maximum atomic E-state index is 12.2. The average Bonchev–Trinajstić information content (AvgIpc) is 2.95. The van der Waals surface area contributed by atoms with E-state index >= 15 is 0 Å². The summed E-state index contributed by atoms with van der Waals surface area (Å²) in [6.07, 6.45) is 4.42. The van der Waals surface area contributed by atoms with Gasteiger partial charge < -0.3 is 16.2 Å². The van der Waals surface area contributed by atoms with Crippen LogP contribution in [0.5, 0.6) is 0 Å². The lowest BCUT2D eigenvalue weighted by atomic mass is 10.0. The van der Waals surface area contributed by atoms with Gasteiger partial charge in [0.15, 0.2) is 0 Å². The van der Waals surface area contributed by atoms with Gasteiger partial charge in [0.25, 0.3) is 0 Å². The third-order valence-electron chi connectivity index (χ3n) is 3.96. The summed E-state index contributed by atoms with van der Waals surface area (Å²) < 4.78 is 0. The van der Waals surface area contributed by atoms with Crippen LogP contribution in [0.1, 0.15) is 23.6 Å². The highest BCUT2D eigenvalue weighted by atomic mass is 16.3. The zero-order chi connectivity index (χ0) is 13.4. The van der Waals surface area contributed by atoms with Gasteiger partial charge >= 0.3 is 0 Å². The quantitative estimate of drug-likeness (QED) is 0.682. The highest BCUT2D eigenvalue weighted by molar-refractivity contribution is 5.81. The molecule has 0 spiro atoms. The lowest BCUT2D eigenvalue weighted by Gasteiger charge is -2.20. The Hall–Kier alpha value is -1.65. The van der Waals surface area contributed by atoms with E-state index in [9.17, 15) is 9.90 Å². The highest BCUT2D eigenvalue weighted by Crippen LogP contribution is 2.31. The molecule has 0 aliphatic heterocycles. The summed E-state index contributed by atoms with van der Waals surface area (Å²) >= 11 is 0. The Balaban J connectivity index is 1.73. The molecule has 0 saturated heterocycles. The summed E-state index contributed by atoms with van der Waals surface area (Å²) in [5.74, 6) is -0.222. The molecule has 0 fully saturated rings. The highest BCUT2D eigenvalue weighted by Gasteiger charge is 2.33. The lowest BCUT2D eigenvalue weighted by molar-refractivity contribution is -0.125. The second-order valence-electron chi connectivity index (χ2n) is 5.35. The van der Waals surface area contributed by atoms with Crippen molar-refractivity contribution in [2.45, 2.75) is 31.0 Å². The molecule has 1 aromatic carbocycles. The number of nitrogens with two attached hydrogens (primary N) is 1. The smallest absolute Gasteiger partial charge is 0.227 e. The number of aliphatic hydroxyl groups excluding tert-OH is 1. The summed E-state index contributed by atoms with van der Waals surface area (Å²) in [4.78, 5) is 12.2. The molecule has 2 aliphatic carbocycles. The van der Waals surface area contributed by atoms with Crippen LogP contribution in [0.3, 0.4) is 0 Å². The van der Waals surface area contributed by atoms with E-state index in [0.29, 0.717) is 12.8 Å². The van der Waals surface area contributed by atoms with Gasteiger partial charge in [-0.25, -0.2) is 0 Å². The van der Waals surface area contributed by atoms with Gasteiger partial charge in [-0.05, 0) is 17.5 Å². The largest absolute Gasteiger partial charge is 0.390 e. The Morgan fingerprint density at radius 1 is 1.32 bits per heavy atom. The van der Waals surface area contributed by atoms with Gasteiger partial charge in [0.2, 0.25) is 5.91 Å². The molecule has 3 rings (SSSR count). The summed E-state index contributed by atoms with van der Waals surface area (Å²) in [5.41, 5.74) is 7.89. The second kappa shape index (κ2) is 4.79. The first-order valence-corrected chi connectivity index (χ1v) is 6.65. The van der Waals surface area contributed by atoms with Crippen molar-refractivity contribution in [2.75, 3.05) is 0 Å². The van der Waals surface area contributed by atoms with E-state index in [0.717, 1.165) is 11.1 Å². The first-order chi connectivity index (χ1) is 9.15. The van der Waals surface area contributed by atoms with Crippen molar-refractivity contribution in [2.24, 2.45) is 11.7 Å². The van der Waals surface area contributed by atoms with E-state index in [1.54, 1.807) is 0 Å². The van der Waals surface area contributed by atoms with E-state index in [4.69, 9.17) is 5.73 Å². The van der Waals surface area contributed by atoms with Crippen molar-refractivity contribution < 1.29 is 9.90 Å². The number of fused-ring (bicyclic) bond motifs is 1. The summed E-state index contributed by atoms with van der Waals surface area (Å²) in [6.45, 7) is 0. The van der Waals surface area contributed by atoms with Gasteiger partial charge in [-0.2, -0.15) is 0 Å². The van der Waals surface area contributed by atoms with E-state index in [1.807, 2.05) is 36.4 Å². The Morgan fingerprint density at radius 2 is 2.11 bits per heavy atom. The maximum absolute atomic E-state index is 12.2. The van der Waals surface area contributed by atoms with Gasteiger partial charge in [0, 0.05) is 12.5 Å². The number of carbonyl (C=O) groups excluding carboxylic acids is 1. The molecule has 2 aliphatic rings. The molecule has 1 amide bonds. The van der Waals surface area contributed by atoms with Crippen molar-refractivity contribution in [1.82, 2.24) is 5.32 Å². The Morgan fingerprint density at radius 3 is 2.84 bits per heavy atom. The van der Waals surface area contributed by atoms with Gasteiger partial charge in [-0.15, -0.1) is 0 Å². The van der Waals surface area contributed by atoms with Crippen LogP contribution in [0.4, 0.5) is 0 Å². The molecule has 4 heteroatoms. The van der Waals surface area contributed by atoms with Crippen LogP contribution in [0, 0.1) is 5.92 Å². The molecule has 19 heavy (non-hydrogen) atoms. The molecular weight excluding hydrogens is 240 g/mol. The summed E-state index contributed by atoms with van der Waals surface area (Å²) in [5, 5.41) is 13.0. The zero-order valence-corrected chi connectivity index (χ0v) is 10.6. The van der Waals surface area contributed by atoms with Crippen LogP contribution < -0.4 is 11.1 Å². The van der Waals surface area contributed by atoms with Crippen molar-refractivity contribution in [3.05, 3.63) is 47.5 Å². The van der Waals surface area contributed by atoms with Crippen LogP contribution in [-0.2, 0) is 11.2 Å². The lowest BCUT2D eigenvalue weighted by Crippen LogP contribution is -2.37. The summed E-state index contributed by atoms with van der Waals surface area (Å²) in [6, 6.07) is 7.52. The molecule has 0 saturated carbocycles. The molecule has 0 radical (unpaired) electrons. The van der Waals surface area contributed by atoms with Crippen LogP contribution >= 0.6 is 0 Å². The third-order valence-corrected chi connectivity index (χ3v) is 3.96. The maximum Gasteiger partial charge on any atom is 0.227 e. The van der Waals surface area contributed by atoms with E-state index in [2.05, 4.69) is 5.32 Å². The number of hydrogen-bond acceptors (Lipinski definition) is 3. The Bertz CT molecular complexity index is 527. The number of hydrogen-bond donors (Lipinski definition) is 3. The normalized spacial score (nSPS) is 32.3. The monoisotopic (exact) mass is 258 g/mol. The summed E-state index contributed by atoms with van der Waals surface area (Å²) in [7, 11) is 0. The van der Waals surface area contributed by atoms with E-state index in [-0.39, 0.29) is 23.9 Å². The minimum atomic E-state index is -0.541. The minimum absolute atomic E-state index is 0.0310. The third kappa shape index (κ3) is 2.29. The van der Waals surface area contributed by atoms with Crippen LogP contribution in [-0.4, -0.2) is 23.2 Å². The van der Waals surface area contributed by atoms with Gasteiger partial charge in [-0.1, -0.05) is 36.4 Å². The SMILES string of the molecule is NC1C=CC(C(=O)N[C@H]2c3ccccc3C[C@H]2O)C1. The van der Waals surface area contributed by atoms with Crippen molar-refractivity contribution >= 4 is 5.91 Å². The fourth-order valence-electron chi connectivity index (χ4n) is 2.93. The number of benzene rings is 1. The van der Waals surface area contributed by atoms with E-state index in [1.165, 1.54) is 0 Å². The molecule has 0 heterocycles. The number of carbonyl (C=O) groups is 1. The van der Waals surface area contributed by atoms with Crippen molar-refractivity contribution in [1.29, 1.82) is 0 Å². The van der Waals surface area contributed by atoms with Crippen molar-refractivity contribution in [3.8, 4) is 0 Å². The number of aliphatic hydroxyl groups is 1. The zero-order valence-electron chi connectivity index (χ0n) is 10.6. The molecule has 100 valence electrons. The minimum Gasteiger partial charge on any atom is -0.390 e. The Kier molecular flexibility index (Phi) is 3.12. The topological polar surface area (TPSA) is 75.4 Å². The van der Waals surface area contributed by atoms with E-state index < -0.39 is 6.10 Å². The molecule has 1 aromatic rings. The van der Waals surface area contributed by atoms with Crippen LogP contribution in [0.15, 0.2) is 36.4 Å². The molecular formula is C15H18N2O2. The first-order valence-electron chi connectivity index (χ1n) is 6.65. The van der Waals surface area contributed by atoms with Gasteiger partial charge in [0.1, 0.15) is 0 Å². The van der Waals surface area contributed by atoms with Gasteiger partial charge in [0.05, 0.1) is 18.1 Å². The molecule has 4 nitrogen and oxygen atoms in total. The predicted molar refractivity (Wildman–Crippen MR) is 72.3 cm³/mol. The molecule has 4 atom stereocenters. The number of amides is 1. The average molecular weight is 258 g/mol. The second-order valence-corrected chi connectivity index (χ2v) is 5.35. The molecule has 0 bridgehead atoms. The van der Waals surface area contributed by atoms with Crippen LogP contribution in [0.2, 0.25) is 0 Å². The fraction of sp³-hybridized carbons (Fsp3) is 0.400. The molecule has 4 N–H and O–H groups in total. The van der Waals surface area contributed by atoms with Crippen molar-refractivity contribution in [3.63, 3.8) is 0 Å². The fourth-order valence-corrected chi connectivity index (χ4v) is 2.93. The number of rotatable bonds is 2. The Labute approximate surface area is 112 Å². The molecule has 0 aromatic heterocycles. The standard InChI is InChI=1S/C15H18N2O2/c16-11-6-5-10(7-11)15(19)17-14-12-4-2-1-3-9(12)8-13(14)18/h1-6,10-11,13-14,18H,7-8,16H2,(H,17,19)/t10?,11?,13-,14+/m1/s1. The first kappa shape index (κ1) is 12.4. The predicted octanol–water partition coefficient (Wildman–Crippen LogP) is 0.664. The molecule has 2 unspecified atom stereocenters.